The molecule has 0 bridgehead atoms. The second-order valence-electron chi connectivity index (χ2n) is 5.07. The molecule has 0 unspecified atom stereocenters. The average Bonchev–Trinajstić information content (AvgIpc) is 2.53. The van der Waals surface area contributed by atoms with Gasteiger partial charge in [0, 0.05) is 5.69 Å². The monoisotopic (exact) mass is 336 g/mol. The number of hydrogen-bond acceptors (Lipinski definition) is 2. The fraction of sp³-hybridized carbons (Fsp3) is 0.176. The highest BCUT2D eigenvalue weighted by Gasteiger charge is 2.30. The number of alkyl halides is 3. The first-order valence-electron chi connectivity index (χ1n) is 7.12. The summed E-state index contributed by atoms with van der Waals surface area (Å²) in [6.07, 6.45) is -4.36. The third-order valence-corrected chi connectivity index (χ3v) is 3.13. The predicted molar refractivity (Wildman–Crippen MR) is 83.2 cm³/mol. The molecule has 0 aromatic heterocycles. The van der Waals surface area contributed by atoms with Gasteiger partial charge in [0.2, 0.25) is 11.8 Å². The Morgan fingerprint density at radius 2 is 1.62 bits per heavy atom. The zero-order chi connectivity index (χ0) is 17.6. The number of carbonyl (C=O) groups excluding carboxylic acids is 2. The van der Waals surface area contributed by atoms with Crippen molar-refractivity contribution in [1.82, 2.24) is 5.32 Å². The SMILES string of the molecule is O=C(Cc1ccccc1)NCC(=O)Nc1cccc(C(F)(F)F)c1. The lowest BCUT2D eigenvalue weighted by Gasteiger charge is -2.10. The molecule has 24 heavy (non-hydrogen) atoms. The van der Waals surface area contributed by atoms with E-state index in [0.29, 0.717) is 0 Å². The zero-order valence-corrected chi connectivity index (χ0v) is 12.6. The van der Waals surface area contributed by atoms with Gasteiger partial charge < -0.3 is 10.6 Å². The van der Waals surface area contributed by atoms with Crippen molar-refractivity contribution in [2.75, 3.05) is 11.9 Å². The molecule has 2 amide bonds. The van der Waals surface area contributed by atoms with Crippen molar-refractivity contribution in [3.05, 3.63) is 65.7 Å². The van der Waals surface area contributed by atoms with Crippen molar-refractivity contribution in [3.8, 4) is 0 Å². The second-order valence-corrected chi connectivity index (χ2v) is 5.07. The molecule has 4 nitrogen and oxygen atoms in total. The summed E-state index contributed by atoms with van der Waals surface area (Å²) >= 11 is 0. The van der Waals surface area contributed by atoms with E-state index in [4.69, 9.17) is 0 Å². The number of carbonyl (C=O) groups is 2. The Morgan fingerprint density at radius 1 is 0.917 bits per heavy atom. The molecule has 0 fully saturated rings. The highest BCUT2D eigenvalue weighted by molar-refractivity contribution is 5.94. The van der Waals surface area contributed by atoms with Crippen LogP contribution in [0.2, 0.25) is 0 Å². The fourth-order valence-electron chi connectivity index (χ4n) is 2.00. The quantitative estimate of drug-likeness (QED) is 0.882. The molecule has 0 heterocycles. The smallest absolute Gasteiger partial charge is 0.347 e. The van der Waals surface area contributed by atoms with Crippen LogP contribution in [0.1, 0.15) is 11.1 Å². The minimum Gasteiger partial charge on any atom is -0.347 e. The van der Waals surface area contributed by atoms with Crippen LogP contribution in [-0.4, -0.2) is 18.4 Å². The van der Waals surface area contributed by atoms with Crippen molar-refractivity contribution in [2.45, 2.75) is 12.6 Å². The average molecular weight is 336 g/mol. The van der Waals surface area contributed by atoms with Crippen LogP contribution in [0.15, 0.2) is 54.6 Å². The Labute approximate surface area is 136 Å². The zero-order valence-electron chi connectivity index (χ0n) is 12.6. The molecule has 0 aliphatic carbocycles. The molecule has 0 atom stereocenters. The minimum absolute atomic E-state index is 0.0205. The predicted octanol–water partition coefficient (Wildman–Crippen LogP) is 3.00. The summed E-state index contributed by atoms with van der Waals surface area (Å²) < 4.78 is 37.8. The summed E-state index contributed by atoms with van der Waals surface area (Å²) in [5, 5.41) is 4.74. The molecule has 2 rings (SSSR count). The van der Waals surface area contributed by atoms with Gasteiger partial charge in [0.05, 0.1) is 18.5 Å². The van der Waals surface area contributed by atoms with Gasteiger partial charge >= 0.3 is 6.18 Å². The molecular weight excluding hydrogens is 321 g/mol. The van der Waals surface area contributed by atoms with Gasteiger partial charge in [0.1, 0.15) is 0 Å². The molecule has 126 valence electrons. The Morgan fingerprint density at radius 3 is 2.29 bits per heavy atom. The Kier molecular flexibility index (Phi) is 5.57. The summed E-state index contributed by atoms with van der Waals surface area (Å²) in [5.74, 6) is -0.948. The van der Waals surface area contributed by atoms with Crippen LogP contribution in [0, 0.1) is 0 Å². The molecule has 0 aliphatic rings. The van der Waals surface area contributed by atoms with E-state index < -0.39 is 17.6 Å². The molecule has 0 radical (unpaired) electrons. The van der Waals surface area contributed by atoms with Crippen molar-refractivity contribution in [1.29, 1.82) is 0 Å². The van der Waals surface area contributed by atoms with E-state index in [1.807, 2.05) is 6.07 Å². The van der Waals surface area contributed by atoms with Crippen LogP contribution in [0.4, 0.5) is 18.9 Å². The lowest BCUT2D eigenvalue weighted by molar-refractivity contribution is -0.137. The number of rotatable bonds is 5. The van der Waals surface area contributed by atoms with Gasteiger partial charge in [-0.05, 0) is 23.8 Å². The summed E-state index contributed by atoms with van der Waals surface area (Å²) in [4.78, 5) is 23.4. The van der Waals surface area contributed by atoms with Gasteiger partial charge in [0.25, 0.3) is 0 Å². The molecule has 2 N–H and O–H groups in total. The maximum atomic E-state index is 12.6. The van der Waals surface area contributed by atoms with Crippen LogP contribution < -0.4 is 10.6 Å². The van der Waals surface area contributed by atoms with Crippen molar-refractivity contribution < 1.29 is 22.8 Å². The molecule has 7 heteroatoms. The van der Waals surface area contributed by atoms with Crippen LogP contribution in [-0.2, 0) is 22.2 Å². The summed E-state index contributed by atoms with van der Waals surface area (Å²) in [7, 11) is 0. The summed E-state index contributed by atoms with van der Waals surface area (Å²) in [6.45, 7) is -0.318. The number of halogens is 3. The number of anilines is 1. The van der Waals surface area contributed by atoms with E-state index >= 15 is 0 Å². The van der Waals surface area contributed by atoms with Gasteiger partial charge in [-0.2, -0.15) is 13.2 Å². The van der Waals surface area contributed by atoms with Crippen molar-refractivity contribution in [2.24, 2.45) is 0 Å². The summed E-state index contributed by atoms with van der Waals surface area (Å²) in [6, 6.07) is 13.3. The Hall–Kier alpha value is -2.83. The molecule has 0 saturated carbocycles. The highest BCUT2D eigenvalue weighted by Crippen LogP contribution is 2.30. The number of hydrogen-bond donors (Lipinski definition) is 2. The van der Waals surface area contributed by atoms with E-state index in [1.54, 1.807) is 24.3 Å². The molecule has 2 aromatic carbocycles. The maximum Gasteiger partial charge on any atom is 0.416 e. The Bertz CT molecular complexity index is 715. The Balaban J connectivity index is 1.84. The fourth-order valence-corrected chi connectivity index (χ4v) is 2.00. The first kappa shape index (κ1) is 17.5. The van der Waals surface area contributed by atoms with Crippen LogP contribution >= 0.6 is 0 Å². The molecule has 0 saturated heterocycles. The van der Waals surface area contributed by atoms with Gasteiger partial charge in [-0.15, -0.1) is 0 Å². The number of benzene rings is 2. The van der Waals surface area contributed by atoms with Gasteiger partial charge in [-0.25, -0.2) is 0 Å². The normalized spacial score (nSPS) is 11.0. The standard InChI is InChI=1S/C17H15F3N2O2/c18-17(19,20)13-7-4-8-14(10-13)22-16(24)11-21-15(23)9-12-5-2-1-3-6-12/h1-8,10H,9,11H2,(H,21,23)(H,22,24). The highest BCUT2D eigenvalue weighted by atomic mass is 19.4. The largest absolute Gasteiger partial charge is 0.416 e. The second kappa shape index (κ2) is 7.63. The number of amides is 2. The maximum absolute atomic E-state index is 12.6. The summed E-state index contributed by atoms with van der Waals surface area (Å²) in [5.41, 5.74) is -0.0335. The lowest BCUT2D eigenvalue weighted by atomic mass is 10.1. The third kappa shape index (κ3) is 5.42. The van der Waals surface area contributed by atoms with Crippen molar-refractivity contribution in [3.63, 3.8) is 0 Å². The van der Waals surface area contributed by atoms with Gasteiger partial charge in [0.15, 0.2) is 0 Å². The molecule has 0 aliphatic heterocycles. The lowest BCUT2D eigenvalue weighted by Crippen LogP contribution is -2.33. The third-order valence-electron chi connectivity index (χ3n) is 3.13. The van der Waals surface area contributed by atoms with Gasteiger partial charge in [-0.3, -0.25) is 9.59 Å². The van der Waals surface area contributed by atoms with E-state index in [9.17, 15) is 22.8 Å². The molecule has 0 spiro atoms. The van der Waals surface area contributed by atoms with Crippen LogP contribution in [0.5, 0.6) is 0 Å². The molecular formula is C17H15F3N2O2. The van der Waals surface area contributed by atoms with E-state index in [2.05, 4.69) is 10.6 Å². The van der Waals surface area contributed by atoms with Crippen molar-refractivity contribution >= 4 is 17.5 Å². The number of nitrogens with one attached hydrogen (secondary N) is 2. The van der Waals surface area contributed by atoms with Crippen LogP contribution in [0.25, 0.3) is 0 Å². The first-order chi connectivity index (χ1) is 11.3. The minimum atomic E-state index is -4.48. The van der Waals surface area contributed by atoms with Gasteiger partial charge in [-0.1, -0.05) is 36.4 Å². The molecule has 2 aromatic rings. The first-order valence-corrected chi connectivity index (χ1v) is 7.12. The van der Waals surface area contributed by atoms with Crippen LogP contribution in [0.3, 0.4) is 0 Å². The van der Waals surface area contributed by atoms with E-state index in [0.717, 1.165) is 17.7 Å². The van der Waals surface area contributed by atoms with E-state index in [1.165, 1.54) is 12.1 Å². The van der Waals surface area contributed by atoms with E-state index in [-0.39, 0.29) is 24.6 Å². The topological polar surface area (TPSA) is 58.2 Å².